The van der Waals surface area contributed by atoms with Gasteiger partial charge in [0.25, 0.3) is 0 Å². The molecule has 0 amide bonds. The number of nitrogens with zero attached hydrogens (tertiary/aromatic N) is 5. The van der Waals surface area contributed by atoms with Crippen LogP contribution in [0.15, 0.2) is 42.6 Å². The Kier molecular flexibility index (Phi) is 4.42. The summed E-state index contributed by atoms with van der Waals surface area (Å²) in [6, 6.07) is 12.6. The number of fused-ring (bicyclic) bond motifs is 2. The summed E-state index contributed by atoms with van der Waals surface area (Å²) in [6.07, 6.45) is 3.67. The minimum absolute atomic E-state index is 0.660. The van der Waals surface area contributed by atoms with Gasteiger partial charge in [-0.05, 0) is 47.7 Å². The van der Waals surface area contributed by atoms with E-state index in [4.69, 9.17) is 14.5 Å². The van der Waals surface area contributed by atoms with Gasteiger partial charge in [0.2, 0.25) is 5.95 Å². The molecule has 2 aromatic carbocycles. The van der Waals surface area contributed by atoms with Crippen molar-refractivity contribution in [1.29, 1.82) is 0 Å². The van der Waals surface area contributed by atoms with Crippen LogP contribution >= 0.6 is 0 Å². The van der Waals surface area contributed by atoms with E-state index in [0.717, 1.165) is 49.8 Å². The van der Waals surface area contributed by atoms with E-state index in [1.165, 1.54) is 22.4 Å². The van der Waals surface area contributed by atoms with Gasteiger partial charge in [0.15, 0.2) is 17.3 Å². The van der Waals surface area contributed by atoms with Crippen LogP contribution in [0.2, 0.25) is 0 Å². The lowest BCUT2D eigenvalue weighted by Gasteiger charge is -2.30. The Morgan fingerprint density at radius 3 is 2.48 bits per heavy atom. The summed E-state index contributed by atoms with van der Waals surface area (Å²) in [5.41, 5.74) is 5.03. The van der Waals surface area contributed by atoms with Crippen LogP contribution < -0.4 is 19.3 Å². The summed E-state index contributed by atoms with van der Waals surface area (Å²) < 4.78 is 10.9. The molecule has 7 heteroatoms. The molecular formula is C22H23N5O2. The van der Waals surface area contributed by atoms with Gasteiger partial charge in [-0.25, -0.2) is 0 Å². The molecule has 1 aromatic heterocycles. The Balaban J connectivity index is 1.43. The van der Waals surface area contributed by atoms with Gasteiger partial charge in [0.1, 0.15) is 0 Å². The van der Waals surface area contributed by atoms with Crippen molar-refractivity contribution in [1.82, 2.24) is 15.2 Å². The largest absolute Gasteiger partial charge is 0.493 e. The van der Waals surface area contributed by atoms with Gasteiger partial charge in [-0.15, -0.1) is 5.10 Å². The molecule has 0 saturated heterocycles. The topological polar surface area (TPSA) is 63.6 Å². The first-order valence-electron chi connectivity index (χ1n) is 9.80. The Labute approximate surface area is 169 Å². The molecule has 0 saturated carbocycles. The summed E-state index contributed by atoms with van der Waals surface area (Å²) in [4.78, 5) is 9.24. The Morgan fingerprint density at radius 2 is 1.66 bits per heavy atom. The van der Waals surface area contributed by atoms with Gasteiger partial charge >= 0.3 is 0 Å². The van der Waals surface area contributed by atoms with E-state index >= 15 is 0 Å². The molecule has 0 bridgehead atoms. The zero-order valence-corrected chi connectivity index (χ0v) is 16.6. The van der Waals surface area contributed by atoms with Crippen LogP contribution in [-0.2, 0) is 19.4 Å². The van der Waals surface area contributed by atoms with Crippen LogP contribution in [0.3, 0.4) is 0 Å². The van der Waals surface area contributed by atoms with E-state index in [2.05, 4.69) is 50.3 Å². The highest BCUT2D eigenvalue weighted by Gasteiger charge is 2.25. The van der Waals surface area contributed by atoms with E-state index in [0.29, 0.717) is 5.95 Å². The number of ether oxygens (including phenoxy) is 2. The summed E-state index contributed by atoms with van der Waals surface area (Å²) in [5.74, 6) is 3.02. The summed E-state index contributed by atoms with van der Waals surface area (Å²) in [5, 5.41) is 8.58. The maximum atomic E-state index is 5.47. The number of hydrogen-bond acceptors (Lipinski definition) is 7. The first-order chi connectivity index (χ1) is 14.3. The minimum Gasteiger partial charge on any atom is -0.493 e. The molecule has 0 atom stereocenters. The zero-order valence-electron chi connectivity index (χ0n) is 16.6. The van der Waals surface area contributed by atoms with Gasteiger partial charge in [0, 0.05) is 25.3 Å². The molecule has 3 heterocycles. The second-order valence-electron chi connectivity index (χ2n) is 7.29. The lowest BCUT2D eigenvalue weighted by atomic mass is 9.99. The van der Waals surface area contributed by atoms with Gasteiger partial charge in [-0.3, -0.25) is 0 Å². The lowest BCUT2D eigenvalue weighted by molar-refractivity contribution is 0.353. The molecule has 0 aliphatic carbocycles. The lowest BCUT2D eigenvalue weighted by Crippen LogP contribution is -2.32. The summed E-state index contributed by atoms with van der Waals surface area (Å²) >= 11 is 0. The first-order valence-corrected chi connectivity index (χ1v) is 9.80. The quantitative estimate of drug-likeness (QED) is 0.679. The molecule has 0 spiro atoms. The molecule has 148 valence electrons. The van der Waals surface area contributed by atoms with Crippen LogP contribution in [0.5, 0.6) is 11.5 Å². The second-order valence-corrected chi connectivity index (χ2v) is 7.29. The van der Waals surface area contributed by atoms with Crippen LogP contribution in [0, 0.1) is 0 Å². The van der Waals surface area contributed by atoms with Crippen molar-refractivity contribution in [2.75, 3.05) is 37.1 Å². The van der Waals surface area contributed by atoms with E-state index < -0.39 is 0 Å². The average molecular weight is 389 g/mol. The number of methoxy groups -OCH3 is 2. The van der Waals surface area contributed by atoms with Crippen molar-refractivity contribution >= 4 is 17.5 Å². The number of aromatic nitrogens is 3. The number of rotatable bonds is 4. The number of para-hydroxylation sites is 1. The maximum absolute atomic E-state index is 5.47. The van der Waals surface area contributed by atoms with E-state index in [1.54, 1.807) is 20.4 Å². The maximum Gasteiger partial charge on any atom is 0.247 e. The second kappa shape index (κ2) is 7.24. The normalized spacial score (nSPS) is 15.1. The average Bonchev–Trinajstić information content (AvgIpc) is 3.22. The third kappa shape index (κ3) is 3.12. The highest BCUT2D eigenvalue weighted by molar-refractivity contribution is 5.67. The van der Waals surface area contributed by atoms with Gasteiger partial charge in [-0.1, -0.05) is 18.2 Å². The Bertz CT molecular complexity index is 1060. The predicted molar refractivity (Wildman–Crippen MR) is 111 cm³/mol. The molecule has 0 unspecified atom stereocenters. The Morgan fingerprint density at radius 1 is 0.897 bits per heavy atom. The molecule has 0 radical (unpaired) electrons. The molecule has 5 rings (SSSR count). The number of hydrogen-bond donors (Lipinski definition) is 0. The van der Waals surface area contributed by atoms with E-state index in [-0.39, 0.29) is 0 Å². The molecule has 0 N–H and O–H groups in total. The predicted octanol–water partition coefficient (Wildman–Crippen LogP) is 3.15. The first kappa shape index (κ1) is 17.7. The van der Waals surface area contributed by atoms with Gasteiger partial charge < -0.3 is 19.3 Å². The Hall–Kier alpha value is -3.35. The van der Waals surface area contributed by atoms with Crippen LogP contribution in [0.25, 0.3) is 0 Å². The highest BCUT2D eigenvalue weighted by atomic mass is 16.5. The molecule has 7 nitrogen and oxygen atoms in total. The van der Waals surface area contributed by atoms with Crippen LogP contribution in [0.4, 0.5) is 17.5 Å². The van der Waals surface area contributed by atoms with E-state index in [9.17, 15) is 0 Å². The summed E-state index contributed by atoms with van der Waals surface area (Å²) in [7, 11) is 3.33. The van der Waals surface area contributed by atoms with Crippen molar-refractivity contribution in [3.8, 4) is 11.5 Å². The molecular weight excluding hydrogens is 366 g/mol. The number of anilines is 3. The van der Waals surface area contributed by atoms with E-state index in [1.807, 2.05) is 6.07 Å². The zero-order chi connectivity index (χ0) is 19.8. The van der Waals surface area contributed by atoms with Crippen molar-refractivity contribution in [3.05, 3.63) is 59.3 Å². The summed E-state index contributed by atoms with van der Waals surface area (Å²) in [6.45, 7) is 2.47. The number of benzene rings is 2. The smallest absolute Gasteiger partial charge is 0.247 e. The van der Waals surface area contributed by atoms with Crippen LogP contribution in [0.1, 0.15) is 16.7 Å². The molecule has 2 aliphatic heterocycles. The standard InChI is InChI=1S/C22H23N5O2/c1-28-19-11-16-7-9-26(14-17(16)12-20(19)29-2)22-24-21(13-23-25-22)27-10-8-15-5-3-4-6-18(15)27/h3-6,11-13H,7-10,14H2,1-2H3. The fourth-order valence-corrected chi connectivity index (χ4v) is 4.18. The molecule has 29 heavy (non-hydrogen) atoms. The van der Waals surface area contributed by atoms with Crippen molar-refractivity contribution in [2.45, 2.75) is 19.4 Å². The van der Waals surface area contributed by atoms with Gasteiger partial charge in [0.05, 0.1) is 20.4 Å². The van der Waals surface area contributed by atoms with Crippen molar-refractivity contribution in [3.63, 3.8) is 0 Å². The molecule has 2 aliphatic rings. The third-order valence-electron chi connectivity index (χ3n) is 5.70. The molecule has 0 fully saturated rings. The van der Waals surface area contributed by atoms with Gasteiger partial charge in [-0.2, -0.15) is 10.1 Å². The highest BCUT2D eigenvalue weighted by Crippen LogP contribution is 2.35. The monoisotopic (exact) mass is 389 g/mol. The van der Waals surface area contributed by atoms with Crippen molar-refractivity contribution in [2.24, 2.45) is 0 Å². The van der Waals surface area contributed by atoms with Crippen LogP contribution in [-0.4, -0.2) is 42.5 Å². The molecule has 3 aromatic rings. The SMILES string of the molecule is COc1cc2c(cc1OC)CN(c1nncc(N3CCc4ccccc43)n1)CC2. The third-order valence-corrected chi connectivity index (χ3v) is 5.70. The minimum atomic E-state index is 0.660. The van der Waals surface area contributed by atoms with Crippen molar-refractivity contribution < 1.29 is 9.47 Å². The fraction of sp³-hybridized carbons (Fsp3) is 0.318. The fourth-order valence-electron chi connectivity index (χ4n) is 4.18.